The molecular formula is C21H15BrN2O3. The van der Waals surface area contributed by atoms with Crippen LogP contribution in [0.3, 0.4) is 0 Å². The van der Waals surface area contributed by atoms with E-state index in [9.17, 15) is 4.79 Å². The van der Waals surface area contributed by atoms with Crippen molar-refractivity contribution in [3.05, 3.63) is 88.9 Å². The molecule has 2 heterocycles. The third-order valence-corrected chi connectivity index (χ3v) is 4.49. The average molecular weight is 423 g/mol. The first-order valence-corrected chi connectivity index (χ1v) is 9.13. The number of benzene rings is 2. The van der Waals surface area contributed by atoms with Gasteiger partial charge in [-0.05, 0) is 39.2 Å². The molecule has 0 aliphatic carbocycles. The van der Waals surface area contributed by atoms with Crippen LogP contribution < -0.4 is 5.32 Å². The van der Waals surface area contributed by atoms with Crippen LogP contribution in [0, 0.1) is 0 Å². The van der Waals surface area contributed by atoms with E-state index in [-0.39, 0.29) is 18.2 Å². The Balaban J connectivity index is 1.42. The molecule has 134 valence electrons. The van der Waals surface area contributed by atoms with Gasteiger partial charge >= 0.3 is 0 Å². The molecule has 0 unspecified atom stereocenters. The molecule has 6 heteroatoms. The summed E-state index contributed by atoms with van der Waals surface area (Å²) in [4.78, 5) is 12.0. The van der Waals surface area contributed by atoms with Crippen molar-refractivity contribution in [2.45, 2.75) is 6.54 Å². The van der Waals surface area contributed by atoms with Gasteiger partial charge in [-0.15, -0.1) is 0 Å². The Kier molecular flexibility index (Phi) is 4.89. The normalized spacial score (nSPS) is 10.7. The minimum Gasteiger partial charge on any atom is -0.444 e. The molecule has 1 amide bonds. The van der Waals surface area contributed by atoms with Crippen molar-refractivity contribution < 1.29 is 13.7 Å². The van der Waals surface area contributed by atoms with Crippen LogP contribution in [0.15, 0.2) is 86.4 Å². The highest BCUT2D eigenvalue weighted by molar-refractivity contribution is 9.10. The van der Waals surface area contributed by atoms with Gasteiger partial charge in [0.2, 0.25) is 0 Å². The number of hydrogen-bond donors (Lipinski definition) is 1. The Morgan fingerprint density at radius 2 is 1.63 bits per heavy atom. The van der Waals surface area contributed by atoms with Gasteiger partial charge in [0.1, 0.15) is 5.69 Å². The number of nitrogens with one attached hydrogen (secondary N) is 1. The topological polar surface area (TPSA) is 68.3 Å². The van der Waals surface area contributed by atoms with Crippen molar-refractivity contribution in [3.63, 3.8) is 0 Å². The summed E-state index contributed by atoms with van der Waals surface area (Å²) in [5.74, 6) is 0.583. The smallest absolute Gasteiger partial charge is 0.287 e. The van der Waals surface area contributed by atoms with Gasteiger partial charge in [-0.3, -0.25) is 4.79 Å². The summed E-state index contributed by atoms with van der Waals surface area (Å²) in [6.07, 6.45) is 0. The summed E-state index contributed by atoms with van der Waals surface area (Å²) in [7, 11) is 0. The van der Waals surface area contributed by atoms with Gasteiger partial charge < -0.3 is 14.3 Å². The maximum Gasteiger partial charge on any atom is 0.287 e. The van der Waals surface area contributed by atoms with Gasteiger partial charge in [0.15, 0.2) is 16.2 Å². The first kappa shape index (κ1) is 17.3. The van der Waals surface area contributed by atoms with Crippen LogP contribution in [0.25, 0.3) is 22.5 Å². The van der Waals surface area contributed by atoms with Gasteiger partial charge in [0, 0.05) is 11.6 Å². The lowest BCUT2D eigenvalue weighted by Crippen LogP contribution is -2.22. The molecule has 0 radical (unpaired) electrons. The Labute approximate surface area is 164 Å². The molecule has 0 saturated heterocycles. The fourth-order valence-corrected chi connectivity index (χ4v) is 2.99. The van der Waals surface area contributed by atoms with E-state index < -0.39 is 0 Å². The number of carbonyl (C=O) groups is 1. The zero-order chi connectivity index (χ0) is 18.6. The molecule has 2 aromatic heterocycles. The van der Waals surface area contributed by atoms with Gasteiger partial charge in [-0.2, -0.15) is 0 Å². The van der Waals surface area contributed by atoms with Gasteiger partial charge in [0.25, 0.3) is 5.91 Å². The first-order chi connectivity index (χ1) is 13.2. The van der Waals surface area contributed by atoms with Crippen LogP contribution in [-0.4, -0.2) is 11.1 Å². The molecular weight excluding hydrogens is 408 g/mol. The first-order valence-electron chi connectivity index (χ1n) is 8.34. The predicted octanol–water partition coefficient (Wildman–Crippen LogP) is 5.29. The van der Waals surface area contributed by atoms with Crippen LogP contribution in [0.2, 0.25) is 0 Å². The van der Waals surface area contributed by atoms with Crippen LogP contribution in [0.4, 0.5) is 0 Å². The number of aromatic nitrogens is 1. The standard InChI is InChI=1S/C21H15BrN2O3/c22-20-11-10-18(26-20)21(25)23-13-17-12-19(27-24-17)16-8-6-15(7-9-16)14-4-2-1-3-5-14/h1-12H,13H2,(H,23,25). The molecule has 27 heavy (non-hydrogen) atoms. The highest BCUT2D eigenvalue weighted by Crippen LogP contribution is 2.25. The molecule has 0 aliphatic heterocycles. The van der Waals surface area contributed by atoms with E-state index in [0.717, 1.165) is 16.7 Å². The maximum absolute atomic E-state index is 12.0. The number of nitrogens with zero attached hydrogens (tertiary/aromatic N) is 1. The zero-order valence-electron chi connectivity index (χ0n) is 14.2. The van der Waals surface area contributed by atoms with Gasteiger partial charge in [-0.25, -0.2) is 0 Å². The van der Waals surface area contributed by atoms with Crippen molar-refractivity contribution in [1.82, 2.24) is 10.5 Å². The number of furan rings is 1. The monoisotopic (exact) mass is 422 g/mol. The Bertz CT molecular complexity index is 1050. The Hall–Kier alpha value is -3.12. The predicted molar refractivity (Wildman–Crippen MR) is 105 cm³/mol. The molecule has 5 nitrogen and oxygen atoms in total. The van der Waals surface area contributed by atoms with Crippen molar-refractivity contribution >= 4 is 21.8 Å². The SMILES string of the molecule is O=C(NCc1cc(-c2ccc(-c3ccccc3)cc2)on1)c1ccc(Br)o1. The molecule has 1 N–H and O–H groups in total. The summed E-state index contributed by atoms with van der Waals surface area (Å²) in [6, 6.07) is 23.3. The maximum atomic E-state index is 12.0. The van der Waals surface area contributed by atoms with Crippen molar-refractivity contribution in [2.75, 3.05) is 0 Å². The third kappa shape index (κ3) is 4.01. The summed E-state index contributed by atoms with van der Waals surface area (Å²) >= 11 is 3.17. The van der Waals surface area contributed by atoms with Crippen molar-refractivity contribution in [1.29, 1.82) is 0 Å². The second-order valence-corrected chi connectivity index (χ2v) is 6.69. The van der Waals surface area contributed by atoms with Crippen LogP contribution in [-0.2, 0) is 6.54 Å². The second-order valence-electron chi connectivity index (χ2n) is 5.91. The minimum absolute atomic E-state index is 0.238. The second kappa shape index (κ2) is 7.63. The summed E-state index contributed by atoms with van der Waals surface area (Å²) < 4.78 is 11.1. The van der Waals surface area contributed by atoms with Gasteiger partial charge in [-0.1, -0.05) is 59.8 Å². The van der Waals surface area contributed by atoms with E-state index in [1.54, 1.807) is 12.1 Å². The third-order valence-electron chi connectivity index (χ3n) is 4.06. The number of hydrogen-bond acceptors (Lipinski definition) is 4. The van der Waals surface area contributed by atoms with E-state index >= 15 is 0 Å². The lowest BCUT2D eigenvalue weighted by molar-refractivity contribution is 0.0921. The van der Waals surface area contributed by atoms with Crippen molar-refractivity contribution in [2.24, 2.45) is 0 Å². The Morgan fingerprint density at radius 1 is 0.926 bits per heavy atom. The van der Waals surface area contributed by atoms with E-state index in [2.05, 4.69) is 38.5 Å². The Morgan fingerprint density at radius 3 is 2.33 bits per heavy atom. The molecule has 4 rings (SSSR count). The molecule has 0 spiro atoms. The van der Waals surface area contributed by atoms with E-state index in [4.69, 9.17) is 8.94 Å². The number of rotatable bonds is 5. The van der Waals surface area contributed by atoms with E-state index in [1.807, 2.05) is 48.5 Å². The molecule has 0 saturated carbocycles. The fraction of sp³-hybridized carbons (Fsp3) is 0.0476. The lowest BCUT2D eigenvalue weighted by atomic mass is 10.0. The highest BCUT2D eigenvalue weighted by Gasteiger charge is 2.12. The minimum atomic E-state index is -0.308. The van der Waals surface area contributed by atoms with Crippen molar-refractivity contribution in [3.8, 4) is 22.5 Å². The molecule has 4 aromatic rings. The lowest BCUT2D eigenvalue weighted by Gasteiger charge is -2.02. The number of amides is 1. The largest absolute Gasteiger partial charge is 0.444 e. The molecule has 0 atom stereocenters. The molecule has 2 aromatic carbocycles. The quantitative estimate of drug-likeness (QED) is 0.474. The highest BCUT2D eigenvalue weighted by atomic mass is 79.9. The summed E-state index contributed by atoms with van der Waals surface area (Å²) in [5.41, 5.74) is 3.86. The van der Waals surface area contributed by atoms with Gasteiger partial charge in [0.05, 0.1) is 6.54 Å². The molecule has 0 aliphatic rings. The summed E-state index contributed by atoms with van der Waals surface area (Å²) in [6.45, 7) is 0.253. The molecule has 0 fully saturated rings. The average Bonchev–Trinajstić information content (AvgIpc) is 3.36. The van der Waals surface area contributed by atoms with Crippen LogP contribution in [0.1, 0.15) is 16.2 Å². The van der Waals surface area contributed by atoms with Crippen LogP contribution in [0.5, 0.6) is 0 Å². The van der Waals surface area contributed by atoms with E-state index in [0.29, 0.717) is 16.1 Å². The zero-order valence-corrected chi connectivity index (χ0v) is 15.8. The number of carbonyl (C=O) groups excluding carboxylic acids is 1. The summed E-state index contributed by atoms with van der Waals surface area (Å²) in [5, 5.41) is 6.76. The fourth-order valence-electron chi connectivity index (χ4n) is 2.68. The van der Waals surface area contributed by atoms with Crippen LogP contribution >= 0.6 is 15.9 Å². The molecule has 0 bridgehead atoms. The van der Waals surface area contributed by atoms with E-state index in [1.165, 1.54) is 0 Å². The number of halogens is 1.